The first-order chi connectivity index (χ1) is 10.1. The van der Waals surface area contributed by atoms with Crippen LogP contribution in [0, 0.1) is 6.92 Å². The molecule has 1 aromatic carbocycles. The van der Waals surface area contributed by atoms with E-state index in [9.17, 15) is 0 Å². The molecule has 1 heterocycles. The summed E-state index contributed by atoms with van der Waals surface area (Å²) in [5.41, 5.74) is 2.89. The number of ether oxygens (including phenoxy) is 2. The van der Waals surface area contributed by atoms with Gasteiger partial charge in [0.15, 0.2) is 0 Å². The van der Waals surface area contributed by atoms with Crippen molar-refractivity contribution in [3.8, 4) is 11.5 Å². The van der Waals surface area contributed by atoms with E-state index in [1.807, 2.05) is 29.8 Å². The minimum Gasteiger partial charge on any atom is -0.497 e. The second-order valence-electron chi connectivity index (χ2n) is 4.56. The first-order valence-corrected chi connectivity index (χ1v) is 8.00. The van der Waals surface area contributed by atoms with Crippen LogP contribution in [0.25, 0.3) is 0 Å². The predicted molar refractivity (Wildman–Crippen MR) is 87.2 cm³/mol. The van der Waals surface area contributed by atoms with Crippen molar-refractivity contribution < 1.29 is 9.47 Å². The van der Waals surface area contributed by atoms with Gasteiger partial charge in [-0.2, -0.15) is 5.10 Å². The Balaban J connectivity index is 2.20. The molecule has 0 N–H and O–H groups in total. The summed E-state index contributed by atoms with van der Waals surface area (Å²) in [6.45, 7) is 5.26. The first-order valence-electron chi connectivity index (χ1n) is 6.68. The third-order valence-electron chi connectivity index (χ3n) is 3.23. The molecule has 21 heavy (non-hydrogen) atoms. The maximum Gasteiger partial charge on any atom is 0.131 e. The fourth-order valence-corrected chi connectivity index (χ4v) is 2.69. The van der Waals surface area contributed by atoms with Gasteiger partial charge in [-0.3, -0.25) is 4.68 Å². The zero-order valence-corrected chi connectivity index (χ0v) is 14.7. The quantitative estimate of drug-likeness (QED) is 0.708. The summed E-state index contributed by atoms with van der Waals surface area (Å²) in [5, 5.41) is 4.45. The van der Waals surface area contributed by atoms with Crippen LogP contribution < -0.4 is 9.47 Å². The van der Waals surface area contributed by atoms with E-state index < -0.39 is 0 Å². The number of benzene rings is 1. The lowest BCUT2D eigenvalue weighted by atomic mass is 10.2. The average Bonchev–Trinajstić information content (AvgIpc) is 2.79. The number of methoxy groups -OCH3 is 1. The Labute approximate surface area is 138 Å². The Morgan fingerprint density at radius 2 is 2.14 bits per heavy atom. The van der Waals surface area contributed by atoms with Crippen LogP contribution in [0.1, 0.15) is 23.9 Å². The molecule has 0 bridgehead atoms. The number of halogens is 2. The summed E-state index contributed by atoms with van der Waals surface area (Å²) in [5.74, 6) is 1.91. The lowest BCUT2D eigenvalue weighted by molar-refractivity contribution is 0.289. The summed E-state index contributed by atoms with van der Waals surface area (Å²) in [6, 6.07) is 5.63. The predicted octanol–water partition coefficient (Wildman–Crippen LogP) is 4.30. The highest BCUT2D eigenvalue weighted by Gasteiger charge is 2.13. The molecule has 0 fully saturated rings. The molecule has 0 aliphatic carbocycles. The molecule has 0 saturated heterocycles. The third-order valence-corrected chi connectivity index (χ3v) is 4.55. The highest BCUT2D eigenvalue weighted by atomic mass is 79.9. The van der Waals surface area contributed by atoms with E-state index in [0.29, 0.717) is 12.5 Å². The van der Waals surface area contributed by atoms with Crippen LogP contribution >= 0.6 is 27.5 Å². The monoisotopic (exact) mass is 372 g/mol. The second kappa shape index (κ2) is 7.18. The van der Waals surface area contributed by atoms with Crippen molar-refractivity contribution in [2.75, 3.05) is 7.11 Å². The van der Waals surface area contributed by atoms with Gasteiger partial charge >= 0.3 is 0 Å². The van der Waals surface area contributed by atoms with E-state index in [-0.39, 0.29) is 0 Å². The smallest absolute Gasteiger partial charge is 0.131 e. The van der Waals surface area contributed by atoms with E-state index in [4.69, 9.17) is 21.1 Å². The fraction of sp³-hybridized carbons (Fsp3) is 0.400. The van der Waals surface area contributed by atoms with Crippen LogP contribution in [0.2, 0.25) is 0 Å². The SMILES string of the molecule is CCn1nc(C)c(Br)c1COc1ccc(OC)cc1CCl. The zero-order chi connectivity index (χ0) is 15.4. The second-order valence-corrected chi connectivity index (χ2v) is 5.62. The number of hydrogen-bond acceptors (Lipinski definition) is 3. The Morgan fingerprint density at radius 1 is 1.38 bits per heavy atom. The highest BCUT2D eigenvalue weighted by Crippen LogP contribution is 2.28. The molecule has 0 spiro atoms. The highest BCUT2D eigenvalue weighted by molar-refractivity contribution is 9.10. The van der Waals surface area contributed by atoms with Gasteiger partial charge in [0.1, 0.15) is 18.1 Å². The molecule has 0 aliphatic heterocycles. The summed E-state index contributed by atoms with van der Waals surface area (Å²) in [4.78, 5) is 0. The van der Waals surface area contributed by atoms with Crippen molar-refractivity contribution in [2.45, 2.75) is 32.9 Å². The van der Waals surface area contributed by atoms with Crippen molar-refractivity contribution in [2.24, 2.45) is 0 Å². The summed E-state index contributed by atoms with van der Waals surface area (Å²) >= 11 is 9.54. The van der Waals surface area contributed by atoms with Gasteiger partial charge in [-0.1, -0.05) is 0 Å². The molecule has 0 amide bonds. The number of nitrogens with zero attached hydrogens (tertiary/aromatic N) is 2. The lowest BCUT2D eigenvalue weighted by Crippen LogP contribution is -2.07. The Kier molecular flexibility index (Phi) is 5.53. The summed E-state index contributed by atoms with van der Waals surface area (Å²) in [7, 11) is 1.63. The first kappa shape index (κ1) is 16.2. The van der Waals surface area contributed by atoms with Crippen LogP contribution in [0.3, 0.4) is 0 Å². The molecule has 1 aromatic heterocycles. The van der Waals surface area contributed by atoms with Gasteiger partial charge in [0.25, 0.3) is 0 Å². The summed E-state index contributed by atoms with van der Waals surface area (Å²) in [6.07, 6.45) is 0. The maximum absolute atomic E-state index is 5.97. The van der Waals surface area contributed by atoms with Crippen molar-refractivity contribution >= 4 is 27.5 Å². The zero-order valence-electron chi connectivity index (χ0n) is 12.3. The van der Waals surface area contributed by atoms with Gasteiger partial charge in [0.2, 0.25) is 0 Å². The van der Waals surface area contributed by atoms with E-state index in [1.165, 1.54) is 0 Å². The molecule has 6 heteroatoms. The third kappa shape index (κ3) is 3.52. The largest absolute Gasteiger partial charge is 0.497 e. The van der Waals surface area contributed by atoms with Crippen LogP contribution in [0.4, 0.5) is 0 Å². The Morgan fingerprint density at radius 3 is 2.76 bits per heavy atom. The molecule has 0 unspecified atom stereocenters. The molecular formula is C15H18BrClN2O2. The van der Waals surface area contributed by atoms with Gasteiger partial charge in [0.05, 0.1) is 28.9 Å². The van der Waals surface area contributed by atoms with E-state index in [1.54, 1.807) is 7.11 Å². The van der Waals surface area contributed by atoms with Crippen molar-refractivity contribution in [3.05, 3.63) is 39.6 Å². The number of alkyl halides is 1. The molecule has 0 atom stereocenters. The molecule has 4 nitrogen and oxygen atoms in total. The average molecular weight is 374 g/mol. The van der Waals surface area contributed by atoms with E-state index in [0.717, 1.165) is 39.5 Å². The van der Waals surface area contributed by atoms with Crippen molar-refractivity contribution in [1.29, 1.82) is 0 Å². The molecular weight excluding hydrogens is 356 g/mol. The van der Waals surface area contributed by atoms with Gasteiger partial charge < -0.3 is 9.47 Å². The lowest BCUT2D eigenvalue weighted by Gasteiger charge is -2.12. The van der Waals surface area contributed by atoms with Crippen molar-refractivity contribution in [3.63, 3.8) is 0 Å². The van der Waals surface area contributed by atoms with Crippen LogP contribution in [0.5, 0.6) is 11.5 Å². The Hall–Kier alpha value is -1.20. The minimum absolute atomic E-state index is 0.375. The van der Waals surface area contributed by atoms with Gasteiger partial charge in [-0.15, -0.1) is 11.6 Å². The van der Waals surface area contributed by atoms with Crippen LogP contribution in [0.15, 0.2) is 22.7 Å². The number of hydrogen-bond donors (Lipinski definition) is 0. The van der Waals surface area contributed by atoms with Gasteiger partial charge in [-0.25, -0.2) is 0 Å². The summed E-state index contributed by atoms with van der Waals surface area (Å²) < 4.78 is 14.0. The molecule has 0 aliphatic rings. The standard InChI is InChI=1S/C15H18BrClN2O2/c1-4-19-13(15(16)10(2)18-19)9-21-14-6-5-12(20-3)7-11(14)8-17/h5-7H,4,8-9H2,1-3H3. The molecule has 2 aromatic rings. The van der Waals surface area contributed by atoms with Crippen LogP contribution in [-0.2, 0) is 19.0 Å². The number of aromatic nitrogens is 2. The number of aryl methyl sites for hydroxylation is 2. The van der Waals surface area contributed by atoms with Crippen molar-refractivity contribution in [1.82, 2.24) is 9.78 Å². The van der Waals surface area contributed by atoms with E-state index >= 15 is 0 Å². The maximum atomic E-state index is 5.97. The Bertz CT molecular complexity index is 628. The molecule has 114 valence electrons. The fourth-order valence-electron chi connectivity index (χ4n) is 2.08. The van der Waals surface area contributed by atoms with Gasteiger partial charge in [0, 0.05) is 12.1 Å². The normalized spacial score (nSPS) is 10.7. The topological polar surface area (TPSA) is 36.3 Å². The molecule has 0 radical (unpaired) electrons. The van der Waals surface area contributed by atoms with Gasteiger partial charge in [-0.05, 0) is 48.0 Å². The minimum atomic E-state index is 0.375. The molecule has 2 rings (SSSR count). The number of rotatable bonds is 6. The molecule has 0 saturated carbocycles. The van der Waals surface area contributed by atoms with E-state index in [2.05, 4.69) is 28.0 Å². The van der Waals surface area contributed by atoms with Crippen LogP contribution in [-0.4, -0.2) is 16.9 Å².